The SMILES string of the molecule is O=Ic1ccc(C2CCCCC2)cc1. The van der Waals surface area contributed by atoms with Gasteiger partial charge in [0.15, 0.2) is 21.2 Å². The fourth-order valence-electron chi connectivity index (χ4n) is 2.22. The van der Waals surface area contributed by atoms with E-state index in [-0.39, 0.29) is 0 Å². The van der Waals surface area contributed by atoms with Gasteiger partial charge in [0.1, 0.15) is 0 Å². The number of benzene rings is 1. The van der Waals surface area contributed by atoms with Gasteiger partial charge in [0.25, 0.3) is 0 Å². The molecule has 0 atom stereocenters. The van der Waals surface area contributed by atoms with Crippen LogP contribution in [0.1, 0.15) is 43.6 Å². The first kappa shape index (κ1) is 10.3. The Balaban J connectivity index is 2.11. The van der Waals surface area contributed by atoms with Crippen molar-refractivity contribution in [2.45, 2.75) is 38.0 Å². The van der Waals surface area contributed by atoms with E-state index < -0.39 is 21.2 Å². The van der Waals surface area contributed by atoms with Crippen molar-refractivity contribution in [3.63, 3.8) is 0 Å². The smallest absolute Gasteiger partial charge is 0.182 e. The molecule has 0 saturated heterocycles. The van der Waals surface area contributed by atoms with Crippen molar-refractivity contribution in [3.8, 4) is 0 Å². The standard InChI is InChI=1S/C12H15IO/c14-13-12-8-6-11(7-9-12)10-4-2-1-3-5-10/h6-10H,1-5H2. The Hall–Kier alpha value is -0.250. The third-order valence-electron chi connectivity index (χ3n) is 3.04. The molecule has 1 nitrogen and oxygen atoms in total. The number of hydrogen-bond donors (Lipinski definition) is 0. The predicted octanol–water partition coefficient (Wildman–Crippen LogP) is 4.22. The van der Waals surface area contributed by atoms with Gasteiger partial charge in [0, 0.05) is 3.57 Å². The molecule has 0 aliphatic heterocycles. The summed E-state index contributed by atoms with van der Waals surface area (Å²) in [5, 5.41) is 0. The molecule has 2 heteroatoms. The normalized spacial score (nSPS) is 18.3. The van der Waals surface area contributed by atoms with E-state index in [1.54, 1.807) is 0 Å². The van der Waals surface area contributed by atoms with Crippen molar-refractivity contribution in [1.29, 1.82) is 0 Å². The summed E-state index contributed by atoms with van der Waals surface area (Å²) in [6.07, 6.45) is 6.83. The van der Waals surface area contributed by atoms with Gasteiger partial charge in [-0.25, -0.2) is 0 Å². The van der Waals surface area contributed by atoms with Crippen molar-refractivity contribution in [2.75, 3.05) is 0 Å². The van der Waals surface area contributed by atoms with Gasteiger partial charge in [-0.15, -0.1) is 0 Å². The Labute approximate surface area is 95.6 Å². The molecule has 14 heavy (non-hydrogen) atoms. The van der Waals surface area contributed by atoms with Gasteiger partial charge in [-0.3, -0.25) is 3.07 Å². The lowest BCUT2D eigenvalue weighted by atomic mass is 9.84. The summed E-state index contributed by atoms with van der Waals surface area (Å²) in [4.78, 5) is 0. The van der Waals surface area contributed by atoms with Gasteiger partial charge in [-0.05, 0) is 36.5 Å². The molecule has 1 fully saturated rings. The average Bonchev–Trinajstić information content (AvgIpc) is 2.30. The number of rotatable bonds is 2. The van der Waals surface area contributed by atoms with Crippen LogP contribution in [0.2, 0.25) is 0 Å². The van der Waals surface area contributed by atoms with E-state index in [2.05, 4.69) is 12.1 Å². The molecule has 1 aliphatic rings. The van der Waals surface area contributed by atoms with E-state index in [4.69, 9.17) is 0 Å². The van der Waals surface area contributed by atoms with Crippen LogP contribution in [0.25, 0.3) is 0 Å². The maximum Gasteiger partial charge on any atom is 0.182 e. The van der Waals surface area contributed by atoms with Crippen molar-refractivity contribution >= 4 is 21.2 Å². The van der Waals surface area contributed by atoms with Crippen LogP contribution in [-0.2, 0) is 3.07 Å². The fourth-order valence-corrected chi connectivity index (χ4v) is 2.88. The first-order valence-corrected chi connectivity index (χ1v) is 7.23. The van der Waals surface area contributed by atoms with Gasteiger partial charge in [0.2, 0.25) is 0 Å². The minimum Gasteiger partial charge on any atom is -0.265 e. The maximum absolute atomic E-state index is 10.7. The van der Waals surface area contributed by atoms with Crippen molar-refractivity contribution in [3.05, 3.63) is 33.4 Å². The Kier molecular flexibility index (Phi) is 3.67. The molecule has 0 aromatic heterocycles. The highest BCUT2D eigenvalue weighted by molar-refractivity contribution is 14.1. The van der Waals surface area contributed by atoms with Crippen LogP contribution >= 0.6 is 21.2 Å². The lowest BCUT2D eigenvalue weighted by Gasteiger charge is -2.21. The highest BCUT2D eigenvalue weighted by Crippen LogP contribution is 2.32. The van der Waals surface area contributed by atoms with E-state index in [1.165, 1.54) is 37.7 Å². The molecule has 0 unspecified atom stereocenters. The zero-order valence-corrected chi connectivity index (χ0v) is 10.4. The molecule has 0 spiro atoms. The molecule has 76 valence electrons. The van der Waals surface area contributed by atoms with Crippen LogP contribution in [0, 0.1) is 3.57 Å². The Morgan fingerprint density at radius 1 is 1.00 bits per heavy atom. The van der Waals surface area contributed by atoms with Gasteiger partial charge in [-0.1, -0.05) is 31.4 Å². The zero-order chi connectivity index (χ0) is 9.80. The average molecular weight is 302 g/mol. The molecule has 1 aromatic rings. The highest BCUT2D eigenvalue weighted by Gasteiger charge is 2.14. The van der Waals surface area contributed by atoms with Crippen molar-refractivity contribution in [2.24, 2.45) is 0 Å². The van der Waals surface area contributed by atoms with Crippen LogP contribution in [0.4, 0.5) is 0 Å². The maximum atomic E-state index is 10.7. The lowest BCUT2D eigenvalue weighted by molar-refractivity contribution is 0.443. The Morgan fingerprint density at radius 2 is 1.64 bits per heavy atom. The van der Waals surface area contributed by atoms with E-state index >= 15 is 0 Å². The topological polar surface area (TPSA) is 17.1 Å². The molecular formula is C12H15IO. The lowest BCUT2D eigenvalue weighted by Crippen LogP contribution is -2.04. The van der Waals surface area contributed by atoms with Crippen LogP contribution in [-0.4, -0.2) is 0 Å². The minimum atomic E-state index is -0.972. The molecule has 0 amide bonds. The van der Waals surface area contributed by atoms with Crippen molar-refractivity contribution < 1.29 is 3.07 Å². The number of halogens is 1. The van der Waals surface area contributed by atoms with Gasteiger partial charge in [0.05, 0.1) is 0 Å². The molecule has 1 saturated carbocycles. The highest BCUT2D eigenvalue weighted by atomic mass is 127. The second-order valence-corrected chi connectivity index (χ2v) is 5.65. The predicted molar refractivity (Wildman–Crippen MR) is 65.7 cm³/mol. The molecule has 0 heterocycles. The monoisotopic (exact) mass is 302 g/mol. The van der Waals surface area contributed by atoms with E-state index in [0.29, 0.717) is 0 Å². The fraction of sp³-hybridized carbons (Fsp3) is 0.500. The summed E-state index contributed by atoms with van der Waals surface area (Å²) in [5.74, 6) is 0.766. The third kappa shape index (κ3) is 2.41. The van der Waals surface area contributed by atoms with E-state index in [0.717, 1.165) is 9.49 Å². The van der Waals surface area contributed by atoms with Gasteiger partial charge in [-0.2, -0.15) is 0 Å². The Morgan fingerprint density at radius 3 is 2.21 bits per heavy atom. The second kappa shape index (κ2) is 5.01. The molecule has 2 rings (SSSR count). The van der Waals surface area contributed by atoms with Gasteiger partial charge >= 0.3 is 0 Å². The first-order chi connectivity index (χ1) is 6.90. The van der Waals surface area contributed by atoms with Crippen molar-refractivity contribution in [1.82, 2.24) is 0 Å². The van der Waals surface area contributed by atoms with E-state index in [9.17, 15) is 3.07 Å². The molecule has 0 bridgehead atoms. The largest absolute Gasteiger partial charge is 0.265 e. The number of hydrogen-bond acceptors (Lipinski definition) is 1. The van der Waals surface area contributed by atoms with E-state index in [1.807, 2.05) is 12.1 Å². The summed E-state index contributed by atoms with van der Waals surface area (Å²) < 4.78 is 11.7. The summed E-state index contributed by atoms with van der Waals surface area (Å²) in [6.45, 7) is 0. The van der Waals surface area contributed by atoms with Crippen LogP contribution in [0.15, 0.2) is 24.3 Å². The summed E-state index contributed by atoms with van der Waals surface area (Å²) in [6, 6.07) is 8.40. The molecular weight excluding hydrogens is 287 g/mol. The summed E-state index contributed by atoms with van der Waals surface area (Å²) >= 11 is -0.972. The third-order valence-corrected chi connectivity index (χ3v) is 4.26. The molecule has 1 aromatic carbocycles. The minimum absolute atomic E-state index is 0.766. The molecule has 0 N–H and O–H groups in total. The molecule has 1 aliphatic carbocycles. The zero-order valence-electron chi connectivity index (χ0n) is 8.21. The Bertz CT molecular complexity index is 299. The van der Waals surface area contributed by atoms with Gasteiger partial charge < -0.3 is 0 Å². The second-order valence-electron chi connectivity index (χ2n) is 3.96. The molecule has 0 radical (unpaired) electrons. The van der Waals surface area contributed by atoms with Crippen LogP contribution in [0.5, 0.6) is 0 Å². The summed E-state index contributed by atoms with van der Waals surface area (Å²) in [5.41, 5.74) is 1.45. The first-order valence-electron chi connectivity index (χ1n) is 5.27. The summed E-state index contributed by atoms with van der Waals surface area (Å²) in [7, 11) is 0. The van der Waals surface area contributed by atoms with Crippen LogP contribution < -0.4 is 0 Å². The quantitative estimate of drug-likeness (QED) is 0.748. The van der Waals surface area contributed by atoms with Crippen LogP contribution in [0.3, 0.4) is 0 Å².